The lowest BCUT2D eigenvalue weighted by Gasteiger charge is -2.32. The van der Waals surface area contributed by atoms with Gasteiger partial charge in [0.05, 0.1) is 10.6 Å². The Morgan fingerprint density at radius 1 is 1.00 bits per heavy atom. The van der Waals surface area contributed by atoms with Crippen molar-refractivity contribution in [1.29, 1.82) is 0 Å². The first-order valence-corrected chi connectivity index (χ1v) is 13.4. The third-order valence-corrected chi connectivity index (χ3v) is 8.84. The lowest BCUT2D eigenvalue weighted by atomic mass is 10.2. The molecule has 1 saturated heterocycles. The van der Waals surface area contributed by atoms with Crippen LogP contribution in [0.3, 0.4) is 0 Å². The van der Waals surface area contributed by atoms with Crippen molar-refractivity contribution in [3.8, 4) is 0 Å². The zero-order valence-electron chi connectivity index (χ0n) is 18.4. The van der Waals surface area contributed by atoms with Crippen LogP contribution in [0.2, 0.25) is 0 Å². The third kappa shape index (κ3) is 5.37. The van der Waals surface area contributed by atoms with Crippen molar-refractivity contribution in [3.63, 3.8) is 0 Å². The van der Waals surface area contributed by atoms with E-state index in [-0.39, 0.29) is 0 Å². The Morgan fingerprint density at radius 3 is 2.48 bits per heavy atom. The van der Waals surface area contributed by atoms with Gasteiger partial charge in [0.25, 0.3) is 10.0 Å². The molecule has 2 aromatic rings. The molecular weight excluding hydrogens is 428 g/mol. The summed E-state index contributed by atoms with van der Waals surface area (Å²) in [6, 6.07) is 13.2. The Hall–Kier alpha value is -1.74. The quantitative estimate of drug-likeness (QED) is 0.640. The molecule has 0 bridgehead atoms. The number of thioether (sulfide) groups is 1. The SMILES string of the molecule is Cc1ccc(S(=O)(=O)N2CCSc3ccc(NCCCN4CCN(C)CC4)cc32)cc1. The zero-order chi connectivity index (χ0) is 21.8. The number of rotatable bonds is 7. The number of nitrogens with one attached hydrogen (secondary N) is 1. The maximum atomic E-state index is 13.3. The number of hydrogen-bond donors (Lipinski definition) is 1. The van der Waals surface area contributed by atoms with Gasteiger partial charge in [-0.2, -0.15) is 0 Å². The van der Waals surface area contributed by atoms with E-state index in [1.165, 1.54) is 0 Å². The van der Waals surface area contributed by atoms with E-state index in [0.29, 0.717) is 11.4 Å². The number of benzene rings is 2. The van der Waals surface area contributed by atoms with Crippen molar-refractivity contribution in [1.82, 2.24) is 9.80 Å². The number of piperazine rings is 1. The number of nitrogens with zero attached hydrogens (tertiary/aromatic N) is 3. The molecule has 8 heteroatoms. The van der Waals surface area contributed by atoms with Crippen LogP contribution in [0.5, 0.6) is 0 Å². The summed E-state index contributed by atoms with van der Waals surface area (Å²) in [6.45, 7) is 8.98. The second kappa shape index (κ2) is 9.81. The van der Waals surface area contributed by atoms with E-state index in [9.17, 15) is 8.42 Å². The second-order valence-corrected chi connectivity index (χ2v) is 11.3. The molecule has 0 radical (unpaired) electrons. The first-order valence-electron chi connectivity index (χ1n) is 10.9. The van der Waals surface area contributed by atoms with Gasteiger partial charge >= 0.3 is 0 Å². The Morgan fingerprint density at radius 2 is 1.74 bits per heavy atom. The fraction of sp³-hybridized carbons (Fsp3) is 0.478. The largest absolute Gasteiger partial charge is 0.385 e. The van der Waals surface area contributed by atoms with Crippen molar-refractivity contribution in [2.24, 2.45) is 0 Å². The van der Waals surface area contributed by atoms with Crippen molar-refractivity contribution in [2.45, 2.75) is 23.1 Å². The Kier molecular flexibility index (Phi) is 7.11. The van der Waals surface area contributed by atoms with E-state index in [4.69, 9.17) is 0 Å². The van der Waals surface area contributed by atoms with Gasteiger partial charge in [-0.25, -0.2) is 8.42 Å². The summed E-state index contributed by atoms with van der Waals surface area (Å²) in [4.78, 5) is 6.25. The van der Waals surface area contributed by atoms with Crippen LogP contribution in [-0.2, 0) is 10.0 Å². The maximum absolute atomic E-state index is 13.3. The summed E-state index contributed by atoms with van der Waals surface area (Å²) in [5.41, 5.74) is 2.81. The highest BCUT2D eigenvalue weighted by Crippen LogP contribution is 2.39. The predicted molar refractivity (Wildman–Crippen MR) is 130 cm³/mol. The molecular formula is C23H32N4O2S2. The van der Waals surface area contributed by atoms with E-state index in [0.717, 1.165) is 73.3 Å². The predicted octanol–water partition coefficient (Wildman–Crippen LogP) is 3.35. The van der Waals surface area contributed by atoms with Crippen molar-refractivity contribution in [3.05, 3.63) is 48.0 Å². The molecule has 31 heavy (non-hydrogen) atoms. The minimum absolute atomic E-state index is 0.349. The summed E-state index contributed by atoms with van der Waals surface area (Å²) in [7, 11) is -1.40. The number of hydrogen-bond acceptors (Lipinski definition) is 6. The van der Waals surface area contributed by atoms with Crippen LogP contribution in [0.4, 0.5) is 11.4 Å². The van der Waals surface area contributed by atoms with Gasteiger partial charge in [-0.3, -0.25) is 4.31 Å². The lowest BCUT2D eigenvalue weighted by molar-refractivity contribution is 0.154. The van der Waals surface area contributed by atoms with Crippen LogP contribution in [0.1, 0.15) is 12.0 Å². The smallest absolute Gasteiger partial charge is 0.264 e. The molecule has 4 rings (SSSR count). The second-order valence-electron chi connectivity index (χ2n) is 8.35. The molecule has 0 saturated carbocycles. The highest BCUT2D eigenvalue weighted by Gasteiger charge is 2.29. The first kappa shape index (κ1) is 22.5. The minimum Gasteiger partial charge on any atom is -0.385 e. The molecule has 1 N–H and O–H groups in total. The molecule has 0 aliphatic carbocycles. The van der Waals surface area contributed by atoms with Crippen molar-refractivity contribution in [2.75, 3.05) is 68.2 Å². The summed E-state index contributed by atoms with van der Waals surface area (Å²) in [5.74, 6) is 0.760. The molecule has 2 heterocycles. The Balaban J connectivity index is 1.42. The normalized spacial score (nSPS) is 18.1. The van der Waals surface area contributed by atoms with Crippen molar-refractivity contribution >= 4 is 33.2 Å². The van der Waals surface area contributed by atoms with Crippen LogP contribution in [0.15, 0.2) is 52.3 Å². The molecule has 168 valence electrons. The van der Waals surface area contributed by atoms with Gasteiger partial charge < -0.3 is 15.1 Å². The summed E-state index contributed by atoms with van der Waals surface area (Å²) < 4.78 is 28.2. The van der Waals surface area contributed by atoms with E-state index in [1.807, 2.05) is 31.2 Å². The standard InChI is InChI=1S/C23H32N4O2S2/c1-19-4-7-21(8-5-19)31(28,29)27-16-17-30-23-9-6-20(18-22(23)27)24-10-3-11-26-14-12-25(2)13-15-26/h4-9,18,24H,3,10-17H2,1-2H3. The van der Waals surface area contributed by atoms with Gasteiger partial charge in [-0.05, 0) is 57.3 Å². The zero-order valence-corrected chi connectivity index (χ0v) is 20.0. The van der Waals surface area contributed by atoms with Crippen LogP contribution in [-0.4, -0.2) is 76.8 Å². The van der Waals surface area contributed by atoms with Gasteiger partial charge in [-0.1, -0.05) is 17.7 Å². The van der Waals surface area contributed by atoms with E-state index < -0.39 is 10.0 Å². The highest BCUT2D eigenvalue weighted by atomic mass is 32.2. The average Bonchev–Trinajstić information content (AvgIpc) is 2.77. The number of aryl methyl sites for hydroxylation is 1. The average molecular weight is 461 g/mol. The van der Waals surface area contributed by atoms with E-state index >= 15 is 0 Å². The topological polar surface area (TPSA) is 55.9 Å². The van der Waals surface area contributed by atoms with Crippen LogP contribution in [0, 0.1) is 6.92 Å². The van der Waals surface area contributed by atoms with Gasteiger partial charge in [0, 0.05) is 55.6 Å². The third-order valence-electron chi connectivity index (χ3n) is 5.96. The monoisotopic (exact) mass is 460 g/mol. The van der Waals surface area contributed by atoms with Gasteiger partial charge in [0.2, 0.25) is 0 Å². The molecule has 0 unspecified atom stereocenters. The molecule has 0 aromatic heterocycles. The highest BCUT2D eigenvalue weighted by molar-refractivity contribution is 8.00. The molecule has 2 aliphatic rings. The van der Waals surface area contributed by atoms with Crippen LogP contribution < -0.4 is 9.62 Å². The summed E-state index contributed by atoms with van der Waals surface area (Å²) in [5, 5.41) is 3.49. The molecule has 0 amide bonds. The first-order chi connectivity index (χ1) is 14.9. The van der Waals surface area contributed by atoms with E-state index in [2.05, 4.69) is 28.2 Å². The van der Waals surface area contributed by atoms with E-state index in [1.54, 1.807) is 28.2 Å². The summed E-state index contributed by atoms with van der Waals surface area (Å²) >= 11 is 1.72. The van der Waals surface area contributed by atoms with Gasteiger partial charge in [-0.15, -0.1) is 11.8 Å². The fourth-order valence-corrected chi connectivity index (χ4v) is 6.62. The van der Waals surface area contributed by atoms with Gasteiger partial charge in [0.1, 0.15) is 0 Å². The Bertz CT molecular complexity index is 987. The Labute approximate surface area is 190 Å². The molecule has 6 nitrogen and oxygen atoms in total. The maximum Gasteiger partial charge on any atom is 0.264 e. The number of fused-ring (bicyclic) bond motifs is 1. The lowest BCUT2D eigenvalue weighted by Crippen LogP contribution is -2.44. The fourth-order valence-electron chi connectivity index (χ4n) is 4.00. The number of sulfonamides is 1. The molecule has 0 atom stereocenters. The molecule has 2 aliphatic heterocycles. The number of anilines is 2. The van der Waals surface area contributed by atoms with Gasteiger partial charge in [0.15, 0.2) is 0 Å². The van der Waals surface area contributed by atoms with Crippen LogP contribution >= 0.6 is 11.8 Å². The van der Waals surface area contributed by atoms with Crippen molar-refractivity contribution < 1.29 is 8.42 Å². The molecule has 1 fully saturated rings. The molecule has 0 spiro atoms. The van der Waals surface area contributed by atoms with Crippen LogP contribution in [0.25, 0.3) is 0 Å². The minimum atomic E-state index is -3.57. The number of likely N-dealkylation sites (N-methyl/N-ethyl adjacent to an activating group) is 1. The summed E-state index contributed by atoms with van der Waals surface area (Å²) in [6.07, 6.45) is 1.07. The molecule has 2 aromatic carbocycles.